The van der Waals surface area contributed by atoms with Crippen molar-refractivity contribution in [3.63, 3.8) is 0 Å². The van der Waals surface area contributed by atoms with Crippen LogP contribution in [0.1, 0.15) is 42.0 Å². The minimum Gasteiger partial charge on any atom is -0.343 e. The molecule has 5 rings (SSSR count). The van der Waals surface area contributed by atoms with Crippen LogP contribution in [0.2, 0.25) is 0 Å². The summed E-state index contributed by atoms with van der Waals surface area (Å²) < 4.78 is 0.779. The predicted molar refractivity (Wildman–Crippen MR) is 139 cm³/mol. The molecule has 0 unspecified atom stereocenters. The monoisotopic (exact) mass is 453 g/mol. The van der Waals surface area contributed by atoms with Crippen molar-refractivity contribution < 1.29 is 0 Å². The summed E-state index contributed by atoms with van der Waals surface area (Å²) >= 11 is 5.55. The molecule has 3 nitrogen and oxygen atoms in total. The first-order chi connectivity index (χ1) is 16.3. The van der Waals surface area contributed by atoms with Gasteiger partial charge in [-0.15, -0.1) is 0 Å². The number of fused-ring (bicyclic) bond motifs is 1. The molecule has 0 atom stereocenters. The average Bonchev–Trinajstić information content (AvgIpc) is 2.87. The van der Waals surface area contributed by atoms with Crippen LogP contribution in [0.25, 0.3) is 11.0 Å². The Bertz CT molecular complexity index is 1190. The fourth-order valence-electron chi connectivity index (χ4n) is 5.27. The maximum absolute atomic E-state index is 5.55. The molecule has 3 aromatic carbocycles. The Kier molecular flexibility index (Phi) is 6.94. The Morgan fingerprint density at radius 1 is 0.848 bits per heavy atom. The second kappa shape index (κ2) is 10.4. The number of benzene rings is 3. The van der Waals surface area contributed by atoms with Gasteiger partial charge in [0.25, 0.3) is 0 Å². The van der Waals surface area contributed by atoms with Crippen LogP contribution in [0.4, 0.5) is 0 Å². The van der Waals surface area contributed by atoms with E-state index in [0.717, 1.165) is 40.8 Å². The van der Waals surface area contributed by atoms with E-state index in [1.807, 2.05) is 24.3 Å². The van der Waals surface area contributed by atoms with Gasteiger partial charge in [0.05, 0.1) is 16.7 Å². The maximum atomic E-state index is 5.55. The number of piperidine rings is 1. The molecule has 2 heterocycles. The highest BCUT2D eigenvalue weighted by Gasteiger charge is 2.28. The van der Waals surface area contributed by atoms with Crippen molar-refractivity contribution in [2.75, 3.05) is 19.6 Å². The fourth-order valence-corrected chi connectivity index (χ4v) is 5.53. The highest BCUT2D eigenvalue weighted by molar-refractivity contribution is 7.71. The third kappa shape index (κ3) is 5.23. The summed E-state index contributed by atoms with van der Waals surface area (Å²) in [5.74, 6) is 1.16. The molecule has 0 radical (unpaired) electrons. The number of aromatic amines is 1. The molecule has 1 N–H and O–H groups in total. The third-order valence-electron chi connectivity index (χ3n) is 6.98. The molecule has 0 amide bonds. The third-order valence-corrected chi connectivity index (χ3v) is 7.32. The topological polar surface area (TPSA) is 31.9 Å². The minimum absolute atomic E-state index is 0.481. The van der Waals surface area contributed by atoms with Crippen molar-refractivity contribution >= 4 is 23.3 Å². The van der Waals surface area contributed by atoms with E-state index in [-0.39, 0.29) is 0 Å². The van der Waals surface area contributed by atoms with Gasteiger partial charge in [0.1, 0.15) is 4.64 Å². The Hall–Kier alpha value is -2.82. The van der Waals surface area contributed by atoms with E-state index in [0.29, 0.717) is 11.8 Å². The summed E-state index contributed by atoms with van der Waals surface area (Å²) in [7, 11) is 0. The van der Waals surface area contributed by atoms with E-state index < -0.39 is 0 Å². The summed E-state index contributed by atoms with van der Waals surface area (Å²) in [4.78, 5) is 10.8. The summed E-state index contributed by atoms with van der Waals surface area (Å²) in [6, 6.07) is 30.2. The van der Waals surface area contributed by atoms with Crippen LogP contribution >= 0.6 is 12.2 Å². The van der Waals surface area contributed by atoms with E-state index in [1.54, 1.807) is 0 Å². The van der Waals surface area contributed by atoms with E-state index in [4.69, 9.17) is 17.2 Å². The second-order valence-electron chi connectivity index (χ2n) is 9.11. The van der Waals surface area contributed by atoms with Crippen molar-refractivity contribution in [2.45, 2.75) is 31.6 Å². The zero-order valence-electron chi connectivity index (χ0n) is 19.0. The normalized spacial score (nSPS) is 15.3. The van der Waals surface area contributed by atoms with Crippen molar-refractivity contribution in [3.05, 3.63) is 106 Å². The lowest BCUT2D eigenvalue weighted by Gasteiger charge is -2.36. The Balaban J connectivity index is 1.19. The van der Waals surface area contributed by atoms with E-state index in [9.17, 15) is 0 Å². The van der Waals surface area contributed by atoms with Gasteiger partial charge < -0.3 is 9.88 Å². The first-order valence-corrected chi connectivity index (χ1v) is 12.5. The molecule has 4 heteroatoms. The Morgan fingerprint density at radius 3 is 2.12 bits per heavy atom. The number of nitrogens with zero attached hydrogens (tertiary/aromatic N) is 2. The fraction of sp³-hybridized carbons (Fsp3) is 0.310. The number of rotatable bonds is 7. The lowest BCUT2D eigenvalue weighted by atomic mass is 9.76. The van der Waals surface area contributed by atoms with Gasteiger partial charge in [-0.2, -0.15) is 0 Å². The molecule has 4 aromatic rings. The summed E-state index contributed by atoms with van der Waals surface area (Å²) in [6.07, 6.45) is 4.50. The predicted octanol–water partition coefficient (Wildman–Crippen LogP) is 6.77. The molecular weight excluding hydrogens is 422 g/mol. The van der Waals surface area contributed by atoms with E-state index in [1.165, 1.54) is 37.1 Å². The lowest BCUT2D eigenvalue weighted by molar-refractivity contribution is 0.173. The number of likely N-dealkylation sites (tertiary alicyclic amines) is 1. The molecule has 33 heavy (non-hydrogen) atoms. The van der Waals surface area contributed by atoms with Gasteiger partial charge in [-0.3, -0.25) is 0 Å². The maximum Gasteiger partial charge on any atom is 0.125 e. The zero-order chi connectivity index (χ0) is 22.5. The van der Waals surface area contributed by atoms with Crippen molar-refractivity contribution in [2.24, 2.45) is 5.92 Å². The smallest absolute Gasteiger partial charge is 0.125 e. The van der Waals surface area contributed by atoms with Crippen LogP contribution in [0.3, 0.4) is 0 Å². The van der Waals surface area contributed by atoms with Gasteiger partial charge in [0, 0.05) is 5.92 Å². The SMILES string of the molecule is S=c1[nH]c2ccccc2nc1CCCN1CCC(C(c2ccccc2)c2ccccc2)CC1. The van der Waals surface area contributed by atoms with E-state index >= 15 is 0 Å². The van der Waals surface area contributed by atoms with Crippen LogP contribution < -0.4 is 0 Å². The summed E-state index contributed by atoms with van der Waals surface area (Å²) in [5, 5.41) is 0. The molecule has 0 bridgehead atoms. The number of hydrogen-bond donors (Lipinski definition) is 1. The van der Waals surface area contributed by atoms with Gasteiger partial charge in [0.2, 0.25) is 0 Å². The highest BCUT2D eigenvalue weighted by atomic mass is 32.1. The molecule has 1 fully saturated rings. The number of nitrogens with one attached hydrogen (secondary N) is 1. The molecule has 1 aromatic heterocycles. The largest absolute Gasteiger partial charge is 0.343 e. The quantitative estimate of drug-likeness (QED) is 0.313. The standard InChI is InChI=1S/C29H31N3S/c33-29-27(30-25-14-7-8-15-26(25)31-29)16-9-19-32-20-17-24(18-21-32)28(22-10-3-1-4-11-22)23-12-5-2-6-13-23/h1-8,10-15,24,28H,9,16-21H2,(H,31,33). The van der Waals surface area contributed by atoms with Crippen LogP contribution in [0, 0.1) is 10.6 Å². The van der Waals surface area contributed by atoms with Crippen LogP contribution in [-0.2, 0) is 6.42 Å². The molecule has 0 aliphatic carbocycles. The minimum atomic E-state index is 0.481. The molecular formula is C29H31N3S. The van der Waals surface area contributed by atoms with Gasteiger partial charge >= 0.3 is 0 Å². The number of aromatic nitrogens is 2. The van der Waals surface area contributed by atoms with Gasteiger partial charge in [0.15, 0.2) is 0 Å². The second-order valence-corrected chi connectivity index (χ2v) is 9.52. The number of para-hydroxylation sites is 2. The number of aryl methyl sites for hydroxylation is 1. The summed E-state index contributed by atoms with van der Waals surface area (Å²) in [6.45, 7) is 3.44. The number of hydrogen-bond acceptors (Lipinski definition) is 3. The van der Waals surface area contributed by atoms with Crippen LogP contribution in [0.15, 0.2) is 84.9 Å². The van der Waals surface area contributed by atoms with Crippen molar-refractivity contribution in [1.82, 2.24) is 14.9 Å². The molecule has 1 aliphatic rings. The van der Waals surface area contributed by atoms with Gasteiger partial charge in [-0.05, 0) is 74.5 Å². The molecule has 168 valence electrons. The Labute approximate surface area is 201 Å². The van der Waals surface area contributed by atoms with Crippen LogP contribution in [0.5, 0.6) is 0 Å². The highest BCUT2D eigenvalue weighted by Crippen LogP contribution is 2.37. The van der Waals surface area contributed by atoms with Crippen molar-refractivity contribution in [3.8, 4) is 0 Å². The first kappa shape index (κ1) is 22.0. The van der Waals surface area contributed by atoms with Gasteiger partial charge in [-0.1, -0.05) is 85.0 Å². The molecule has 1 aliphatic heterocycles. The lowest BCUT2D eigenvalue weighted by Crippen LogP contribution is -2.36. The Morgan fingerprint density at radius 2 is 1.45 bits per heavy atom. The molecule has 0 spiro atoms. The zero-order valence-corrected chi connectivity index (χ0v) is 19.8. The molecule has 0 saturated carbocycles. The van der Waals surface area contributed by atoms with Crippen molar-refractivity contribution in [1.29, 1.82) is 0 Å². The van der Waals surface area contributed by atoms with Gasteiger partial charge in [-0.25, -0.2) is 4.98 Å². The summed E-state index contributed by atoms with van der Waals surface area (Å²) in [5.41, 5.74) is 5.92. The molecule has 1 saturated heterocycles. The first-order valence-electron chi connectivity index (χ1n) is 12.1. The average molecular weight is 454 g/mol. The van der Waals surface area contributed by atoms with Crippen LogP contribution in [-0.4, -0.2) is 34.5 Å². The van der Waals surface area contributed by atoms with E-state index in [2.05, 4.69) is 70.5 Å². The number of H-pyrrole nitrogens is 1.